The minimum atomic E-state index is -0.624. The third kappa shape index (κ3) is 3.74. The molecule has 0 amide bonds. The highest BCUT2D eigenvalue weighted by atomic mass is 35.5. The fourth-order valence-corrected chi connectivity index (χ4v) is 3.19. The lowest BCUT2D eigenvalue weighted by Crippen LogP contribution is -2.08. The van der Waals surface area contributed by atoms with Gasteiger partial charge in [0.25, 0.3) is 0 Å². The van der Waals surface area contributed by atoms with Crippen LogP contribution in [0.5, 0.6) is 5.75 Å². The smallest absolute Gasteiger partial charge is 0.166 e. The van der Waals surface area contributed by atoms with Gasteiger partial charge in [0.05, 0.1) is 5.02 Å². The second kappa shape index (κ2) is 7.48. The molecule has 1 atom stereocenters. The van der Waals surface area contributed by atoms with Crippen LogP contribution in [-0.2, 0) is 0 Å². The van der Waals surface area contributed by atoms with Crippen molar-refractivity contribution >= 4 is 29.0 Å². The van der Waals surface area contributed by atoms with E-state index in [0.29, 0.717) is 16.3 Å². The van der Waals surface area contributed by atoms with Crippen LogP contribution in [0.25, 0.3) is 11.1 Å². The van der Waals surface area contributed by atoms with E-state index in [1.807, 2.05) is 19.1 Å². The highest BCUT2D eigenvalue weighted by Crippen LogP contribution is 2.36. The normalized spacial score (nSPS) is 12.0. The molecular formula is C19H16Cl2FN3O. The summed E-state index contributed by atoms with van der Waals surface area (Å²) in [6.07, 6.45) is 2.76. The lowest BCUT2D eigenvalue weighted by atomic mass is 10.1. The Bertz CT molecular complexity index is 948. The van der Waals surface area contributed by atoms with Crippen LogP contribution in [0.15, 0.2) is 42.7 Å². The van der Waals surface area contributed by atoms with E-state index in [2.05, 4.69) is 9.97 Å². The minimum absolute atomic E-state index is 0.0737. The van der Waals surface area contributed by atoms with E-state index in [9.17, 15) is 4.39 Å². The van der Waals surface area contributed by atoms with Crippen molar-refractivity contribution < 1.29 is 9.13 Å². The number of nitrogens with two attached hydrogens (primary N) is 1. The largest absolute Gasteiger partial charge is 0.482 e. The molecule has 0 saturated heterocycles. The number of aryl methyl sites for hydroxylation is 1. The molecule has 4 nitrogen and oxygen atoms in total. The molecule has 1 aromatic carbocycles. The quantitative estimate of drug-likeness (QED) is 0.586. The van der Waals surface area contributed by atoms with Crippen molar-refractivity contribution in [3.63, 3.8) is 0 Å². The maximum Gasteiger partial charge on any atom is 0.166 e. The zero-order chi connectivity index (χ0) is 18.8. The summed E-state index contributed by atoms with van der Waals surface area (Å²) >= 11 is 12.2. The lowest BCUT2D eigenvalue weighted by molar-refractivity contribution is 0.227. The molecule has 2 aromatic heterocycles. The van der Waals surface area contributed by atoms with E-state index in [-0.39, 0.29) is 10.8 Å². The van der Waals surface area contributed by atoms with E-state index in [0.717, 1.165) is 16.8 Å². The summed E-state index contributed by atoms with van der Waals surface area (Å²) in [5.74, 6) is 0.00313. The summed E-state index contributed by atoms with van der Waals surface area (Å²) in [6, 6.07) is 8.24. The van der Waals surface area contributed by atoms with Gasteiger partial charge in [0, 0.05) is 39.8 Å². The summed E-state index contributed by atoms with van der Waals surface area (Å²) in [4.78, 5) is 8.44. The zero-order valence-corrected chi connectivity index (χ0v) is 15.6. The van der Waals surface area contributed by atoms with Gasteiger partial charge in [0.2, 0.25) is 0 Å². The average Bonchev–Trinajstić information content (AvgIpc) is 2.61. The van der Waals surface area contributed by atoms with Crippen LogP contribution in [0.4, 0.5) is 10.2 Å². The first-order chi connectivity index (χ1) is 12.4. The van der Waals surface area contributed by atoms with Crippen LogP contribution in [0.3, 0.4) is 0 Å². The monoisotopic (exact) mass is 391 g/mol. The summed E-state index contributed by atoms with van der Waals surface area (Å²) in [5, 5.41) is 0.240. The lowest BCUT2D eigenvalue weighted by Gasteiger charge is -2.19. The fourth-order valence-electron chi connectivity index (χ4n) is 2.51. The van der Waals surface area contributed by atoms with Gasteiger partial charge in [-0.1, -0.05) is 29.3 Å². The Hall–Kier alpha value is -2.37. The number of nitrogens with zero attached hydrogens (tertiary/aromatic N) is 2. The number of aromatic nitrogens is 2. The third-order valence-electron chi connectivity index (χ3n) is 3.92. The number of anilines is 1. The standard InChI is InChI=1S/C19H16Cl2FN3O/c1-10-3-4-12(8-24-10)13-7-16(19(23)25-9-13)26-11(2)17-14(20)5-6-15(22)18(17)21/h3-9,11H,1-2H3,(H2,23,25)/t11-/m1/s1. The first-order valence-corrected chi connectivity index (χ1v) is 8.61. The molecule has 0 fully saturated rings. The van der Waals surface area contributed by atoms with Gasteiger partial charge < -0.3 is 10.5 Å². The Balaban J connectivity index is 1.94. The fraction of sp³-hybridized carbons (Fsp3) is 0.158. The van der Waals surface area contributed by atoms with E-state index < -0.39 is 11.9 Å². The predicted molar refractivity (Wildman–Crippen MR) is 102 cm³/mol. The summed E-state index contributed by atoms with van der Waals surface area (Å²) in [6.45, 7) is 3.62. The van der Waals surface area contributed by atoms with E-state index in [1.165, 1.54) is 12.1 Å². The van der Waals surface area contributed by atoms with Crippen molar-refractivity contribution in [1.29, 1.82) is 0 Å². The molecular weight excluding hydrogens is 376 g/mol. The molecule has 134 valence electrons. The molecule has 3 aromatic rings. The Morgan fingerprint density at radius 1 is 1.08 bits per heavy atom. The van der Waals surface area contributed by atoms with Crippen LogP contribution >= 0.6 is 23.2 Å². The number of nitrogen functional groups attached to an aromatic ring is 1. The van der Waals surface area contributed by atoms with Gasteiger partial charge in [-0.3, -0.25) is 4.98 Å². The van der Waals surface area contributed by atoms with Crippen molar-refractivity contribution in [1.82, 2.24) is 9.97 Å². The molecule has 0 spiro atoms. The van der Waals surface area contributed by atoms with Crippen LogP contribution < -0.4 is 10.5 Å². The van der Waals surface area contributed by atoms with Crippen molar-refractivity contribution in [3.05, 3.63) is 69.8 Å². The van der Waals surface area contributed by atoms with E-state index in [1.54, 1.807) is 25.4 Å². The van der Waals surface area contributed by atoms with Gasteiger partial charge in [0.1, 0.15) is 11.9 Å². The molecule has 0 aliphatic carbocycles. The van der Waals surface area contributed by atoms with Gasteiger partial charge in [-0.15, -0.1) is 0 Å². The number of hydrogen-bond donors (Lipinski definition) is 1. The Morgan fingerprint density at radius 2 is 1.81 bits per heavy atom. The third-order valence-corrected chi connectivity index (χ3v) is 4.63. The van der Waals surface area contributed by atoms with Crippen molar-refractivity contribution in [3.8, 4) is 16.9 Å². The van der Waals surface area contributed by atoms with Crippen LogP contribution in [0.2, 0.25) is 10.0 Å². The van der Waals surface area contributed by atoms with Gasteiger partial charge >= 0.3 is 0 Å². The molecule has 3 rings (SSSR count). The molecule has 0 radical (unpaired) electrons. The van der Waals surface area contributed by atoms with Crippen LogP contribution in [0, 0.1) is 12.7 Å². The Labute approximate surface area is 160 Å². The SMILES string of the molecule is Cc1ccc(-c2cnc(N)c(O[C@H](C)c3c(Cl)ccc(F)c3Cl)c2)cn1. The van der Waals surface area contributed by atoms with Crippen LogP contribution in [-0.4, -0.2) is 9.97 Å². The van der Waals surface area contributed by atoms with E-state index >= 15 is 0 Å². The minimum Gasteiger partial charge on any atom is -0.482 e. The second-order valence-corrected chi connectivity index (χ2v) is 6.60. The van der Waals surface area contributed by atoms with Gasteiger partial charge in [-0.2, -0.15) is 0 Å². The number of rotatable bonds is 4. The molecule has 2 heterocycles. The average molecular weight is 392 g/mol. The topological polar surface area (TPSA) is 61.0 Å². The zero-order valence-electron chi connectivity index (χ0n) is 14.1. The molecule has 0 aliphatic rings. The maximum absolute atomic E-state index is 13.8. The first-order valence-electron chi connectivity index (χ1n) is 7.85. The van der Waals surface area contributed by atoms with Gasteiger partial charge in [-0.25, -0.2) is 9.37 Å². The van der Waals surface area contributed by atoms with Crippen molar-refractivity contribution in [2.24, 2.45) is 0 Å². The predicted octanol–water partition coefficient (Wildman–Crippen LogP) is 5.62. The Morgan fingerprint density at radius 3 is 2.50 bits per heavy atom. The summed E-state index contributed by atoms with van der Waals surface area (Å²) < 4.78 is 19.7. The van der Waals surface area contributed by atoms with E-state index in [4.69, 9.17) is 33.7 Å². The second-order valence-electron chi connectivity index (χ2n) is 5.81. The molecule has 0 bridgehead atoms. The highest BCUT2D eigenvalue weighted by Gasteiger charge is 2.20. The summed E-state index contributed by atoms with van der Waals surface area (Å²) in [7, 11) is 0. The maximum atomic E-state index is 13.8. The van der Waals surface area contributed by atoms with Crippen LogP contribution in [0.1, 0.15) is 24.3 Å². The van der Waals surface area contributed by atoms with Gasteiger partial charge in [-0.05, 0) is 38.1 Å². The molecule has 0 saturated carbocycles. The number of ether oxygens (including phenoxy) is 1. The first kappa shape index (κ1) is 18.4. The van der Waals surface area contributed by atoms with Crippen molar-refractivity contribution in [2.75, 3.05) is 5.73 Å². The number of hydrogen-bond acceptors (Lipinski definition) is 4. The number of benzene rings is 1. The molecule has 0 unspecified atom stereocenters. The van der Waals surface area contributed by atoms with Gasteiger partial charge in [0.15, 0.2) is 11.6 Å². The molecule has 7 heteroatoms. The Kier molecular flexibility index (Phi) is 5.30. The highest BCUT2D eigenvalue weighted by molar-refractivity contribution is 6.36. The molecule has 26 heavy (non-hydrogen) atoms. The number of halogens is 3. The molecule has 0 aliphatic heterocycles. The number of pyridine rings is 2. The van der Waals surface area contributed by atoms with Crippen molar-refractivity contribution in [2.45, 2.75) is 20.0 Å². The molecule has 2 N–H and O–H groups in total. The summed E-state index contributed by atoms with van der Waals surface area (Å²) in [5.41, 5.74) is 8.88.